The molecule has 0 fully saturated rings. The third kappa shape index (κ3) is 7.60. The summed E-state index contributed by atoms with van der Waals surface area (Å²) in [6, 6.07) is 0. The van der Waals surface area contributed by atoms with E-state index < -0.39 is 0 Å². The Kier molecular flexibility index (Phi) is 6.24. The second kappa shape index (κ2) is 6.41. The van der Waals surface area contributed by atoms with E-state index in [-0.39, 0.29) is 6.10 Å². The van der Waals surface area contributed by atoms with Crippen LogP contribution in [0.3, 0.4) is 0 Å². The highest BCUT2D eigenvalue weighted by Crippen LogP contribution is 2.09. The lowest BCUT2D eigenvalue weighted by atomic mass is 10.0. The van der Waals surface area contributed by atoms with Crippen LogP contribution in [0.1, 0.15) is 39.5 Å². The van der Waals surface area contributed by atoms with E-state index in [9.17, 15) is 5.11 Å². The predicted molar refractivity (Wildman–Crippen MR) is 49.5 cm³/mol. The third-order valence-electron chi connectivity index (χ3n) is 1.76. The second-order valence-corrected chi connectivity index (χ2v) is 3.50. The molecule has 0 aromatic heterocycles. The molecule has 11 heavy (non-hydrogen) atoms. The van der Waals surface area contributed by atoms with Crippen LogP contribution in [0.4, 0.5) is 0 Å². The molecule has 1 N–H and O–H groups in total. The van der Waals surface area contributed by atoms with Crippen molar-refractivity contribution in [3.63, 3.8) is 0 Å². The first-order valence-corrected chi connectivity index (χ1v) is 4.45. The van der Waals surface area contributed by atoms with E-state index in [0.717, 1.165) is 25.2 Å². The van der Waals surface area contributed by atoms with Gasteiger partial charge in [-0.1, -0.05) is 32.8 Å². The van der Waals surface area contributed by atoms with Crippen LogP contribution in [0, 0.1) is 5.92 Å². The van der Waals surface area contributed by atoms with Crippen LogP contribution < -0.4 is 0 Å². The fraction of sp³-hybridized carbons (Fsp3) is 0.800. The summed E-state index contributed by atoms with van der Waals surface area (Å²) in [5.74, 6) is 0.755. The van der Waals surface area contributed by atoms with Gasteiger partial charge in [0.15, 0.2) is 0 Å². The highest BCUT2D eigenvalue weighted by molar-refractivity contribution is 4.72. The Bertz CT molecular complexity index is 97.0. The van der Waals surface area contributed by atoms with Crippen LogP contribution in [0.5, 0.6) is 0 Å². The van der Waals surface area contributed by atoms with Crippen molar-refractivity contribution in [1.29, 1.82) is 0 Å². The Labute approximate surface area is 70.1 Å². The zero-order chi connectivity index (χ0) is 8.69. The van der Waals surface area contributed by atoms with Gasteiger partial charge in [0.25, 0.3) is 0 Å². The lowest BCUT2D eigenvalue weighted by Gasteiger charge is -2.08. The Balaban J connectivity index is 3.16. The Morgan fingerprint density at radius 2 is 2.00 bits per heavy atom. The number of hydrogen-bond acceptors (Lipinski definition) is 1. The fourth-order valence-electron chi connectivity index (χ4n) is 1.07. The highest BCUT2D eigenvalue weighted by atomic mass is 16.3. The SMILES string of the molecule is C=CCC(O)CCCC(C)C. The zero-order valence-electron chi connectivity index (χ0n) is 7.71. The van der Waals surface area contributed by atoms with Crippen LogP contribution >= 0.6 is 0 Å². The average molecular weight is 156 g/mol. The van der Waals surface area contributed by atoms with Crippen molar-refractivity contribution in [1.82, 2.24) is 0 Å². The lowest BCUT2D eigenvalue weighted by Crippen LogP contribution is -2.04. The van der Waals surface area contributed by atoms with E-state index in [4.69, 9.17) is 0 Å². The molecule has 1 atom stereocenters. The van der Waals surface area contributed by atoms with Crippen molar-refractivity contribution in [2.75, 3.05) is 0 Å². The minimum atomic E-state index is -0.161. The summed E-state index contributed by atoms with van der Waals surface area (Å²) >= 11 is 0. The molecule has 1 nitrogen and oxygen atoms in total. The Morgan fingerprint density at radius 1 is 1.36 bits per heavy atom. The minimum absolute atomic E-state index is 0.161. The molecule has 0 amide bonds. The Morgan fingerprint density at radius 3 is 2.45 bits per heavy atom. The maximum Gasteiger partial charge on any atom is 0.0574 e. The van der Waals surface area contributed by atoms with Crippen LogP contribution in [0.15, 0.2) is 12.7 Å². The van der Waals surface area contributed by atoms with Gasteiger partial charge in [-0.3, -0.25) is 0 Å². The highest BCUT2D eigenvalue weighted by Gasteiger charge is 2.01. The lowest BCUT2D eigenvalue weighted by molar-refractivity contribution is 0.162. The monoisotopic (exact) mass is 156 g/mol. The maximum absolute atomic E-state index is 9.29. The summed E-state index contributed by atoms with van der Waals surface area (Å²) in [6.07, 6.45) is 5.62. The van der Waals surface area contributed by atoms with Crippen LogP contribution in [-0.4, -0.2) is 11.2 Å². The first-order valence-electron chi connectivity index (χ1n) is 4.45. The minimum Gasteiger partial charge on any atom is -0.393 e. The van der Waals surface area contributed by atoms with Crippen molar-refractivity contribution in [2.45, 2.75) is 45.6 Å². The molecule has 0 aliphatic rings. The van der Waals surface area contributed by atoms with Gasteiger partial charge in [0, 0.05) is 0 Å². The Hall–Kier alpha value is -0.300. The molecular weight excluding hydrogens is 136 g/mol. The number of rotatable bonds is 6. The molecule has 0 aliphatic carbocycles. The van der Waals surface area contributed by atoms with Gasteiger partial charge in [-0.2, -0.15) is 0 Å². The summed E-state index contributed by atoms with van der Waals surface area (Å²) in [6.45, 7) is 8.00. The van der Waals surface area contributed by atoms with E-state index in [1.807, 2.05) is 0 Å². The largest absolute Gasteiger partial charge is 0.393 e. The molecule has 1 heteroatoms. The molecule has 0 saturated carbocycles. The van der Waals surface area contributed by atoms with Gasteiger partial charge >= 0.3 is 0 Å². The zero-order valence-corrected chi connectivity index (χ0v) is 7.71. The van der Waals surface area contributed by atoms with Crippen molar-refractivity contribution in [3.8, 4) is 0 Å². The average Bonchev–Trinajstić information content (AvgIpc) is 1.87. The summed E-state index contributed by atoms with van der Waals surface area (Å²) in [4.78, 5) is 0. The fourth-order valence-corrected chi connectivity index (χ4v) is 1.07. The first kappa shape index (κ1) is 10.7. The van der Waals surface area contributed by atoms with Crippen LogP contribution in [-0.2, 0) is 0 Å². The summed E-state index contributed by atoms with van der Waals surface area (Å²) < 4.78 is 0. The molecule has 0 saturated heterocycles. The summed E-state index contributed by atoms with van der Waals surface area (Å²) in [5, 5.41) is 9.29. The molecule has 0 aromatic rings. The van der Waals surface area contributed by atoms with Gasteiger partial charge in [-0.05, 0) is 18.8 Å². The quantitative estimate of drug-likeness (QED) is 0.586. The van der Waals surface area contributed by atoms with Gasteiger partial charge in [-0.15, -0.1) is 6.58 Å². The smallest absolute Gasteiger partial charge is 0.0574 e. The third-order valence-corrected chi connectivity index (χ3v) is 1.76. The molecule has 0 aromatic carbocycles. The molecule has 0 heterocycles. The molecule has 0 aliphatic heterocycles. The maximum atomic E-state index is 9.29. The first-order chi connectivity index (χ1) is 5.16. The number of hydrogen-bond donors (Lipinski definition) is 1. The standard InChI is InChI=1S/C10H20O/c1-4-6-10(11)8-5-7-9(2)3/h4,9-11H,1,5-8H2,2-3H3. The topological polar surface area (TPSA) is 20.2 Å². The van der Waals surface area contributed by atoms with Crippen LogP contribution in [0.25, 0.3) is 0 Å². The van der Waals surface area contributed by atoms with Gasteiger partial charge in [-0.25, -0.2) is 0 Å². The van der Waals surface area contributed by atoms with Crippen molar-refractivity contribution in [3.05, 3.63) is 12.7 Å². The van der Waals surface area contributed by atoms with Gasteiger partial charge < -0.3 is 5.11 Å². The van der Waals surface area contributed by atoms with E-state index in [0.29, 0.717) is 0 Å². The second-order valence-electron chi connectivity index (χ2n) is 3.50. The molecule has 0 spiro atoms. The van der Waals surface area contributed by atoms with E-state index >= 15 is 0 Å². The van der Waals surface area contributed by atoms with Crippen molar-refractivity contribution < 1.29 is 5.11 Å². The van der Waals surface area contributed by atoms with Crippen molar-refractivity contribution >= 4 is 0 Å². The van der Waals surface area contributed by atoms with E-state index in [2.05, 4.69) is 20.4 Å². The van der Waals surface area contributed by atoms with Crippen molar-refractivity contribution in [2.24, 2.45) is 5.92 Å². The number of aliphatic hydroxyl groups is 1. The molecule has 0 rings (SSSR count). The summed E-state index contributed by atoms with van der Waals surface area (Å²) in [5.41, 5.74) is 0. The van der Waals surface area contributed by atoms with Crippen LogP contribution in [0.2, 0.25) is 0 Å². The molecule has 66 valence electrons. The molecule has 1 unspecified atom stereocenters. The normalized spacial score (nSPS) is 13.5. The molecule has 0 bridgehead atoms. The number of aliphatic hydroxyl groups excluding tert-OH is 1. The predicted octanol–water partition coefficient (Wildman–Crippen LogP) is 2.75. The molecule has 0 radical (unpaired) electrons. The van der Waals surface area contributed by atoms with E-state index in [1.54, 1.807) is 6.08 Å². The summed E-state index contributed by atoms with van der Waals surface area (Å²) in [7, 11) is 0. The van der Waals surface area contributed by atoms with Gasteiger partial charge in [0.1, 0.15) is 0 Å². The van der Waals surface area contributed by atoms with Gasteiger partial charge in [0.05, 0.1) is 6.10 Å². The van der Waals surface area contributed by atoms with E-state index in [1.165, 1.54) is 6.42 Å². The molecular formula is C10H20O. The van der Waals surface area contributed by atoms with Gasteiger partial charge in [0.2, 0.25) is 0 Å².